The molecule has 1 aromatic carbocycles. The lowest BCUT2D eigenvalue weighted by Crippen LogP contribution is -2.52. The zero-order chi connectivity index (χ0) is 26.0. The number of fused-ring (bicyclic) bond motifs is 3. The van der Waals surface area contributed by atoms with Crippen LogP contribution < -0.4 is 15.4 Å². The number of hydrogen-bond donors (Lipinski definition) is 2. The first kappa shape index (κ1) is 25.0. The summed E-state index contributed by atoms with van der Waals surface area (Å²) in [7, 11) is 0. The predicted octanol–water partition coefficient (Wildman–Crippen LogP) is 4.91. The van der Waals surface area contributed by atoms with Crippen LogP contribution in [0.25, 0.3) is 0 Å². The molecule has 0 aliphatic carbocycles. The van der Waals surface area contributed by atoms with E-state index in [1.807, 2.05) is 39.0 Å². The van der Waals surface area contributed by atoms with Gasteiger partial charge in [-0.2, -0.15) is 0 Å². The quantitative estimate of drug-likeness (QED) is 0.441. The Labute approximate surface area is 216 Å². The minimum Gasteiger partial charge on any atom is -0.487 e. The molecule has 0 radical (unpaired) electrons. The van der Waals surface area contributed by atoms with Gasteiger partial charge in [-0.1, -0.05) is 38.1 Å². The molecule has 2 N–H and O–H groups in total. The maximum atomic E-state index is 12.8. The number of ketones is 1. The zero-order valence-corrected chi connectivity index (χ0v) is 21.5. The summed E-state index contributed by atoms with van der Waals surface area (Å²) in [4.78, 5) is 31.8. The summed E-state index contributed by atoms with van der Waals surface area (Å²) in [5.74, 6) is 2.27. The lowest BCUT2D eigenvalue weighted by molar-refractivity contribution is -0.00793. The van der Waals surface area contributed by atoms with Crippen LogP contribution in [-0.4, -0.2) is 52.6 Å². The SMILES string of the molecule is CC(C)(C)c1cc(NC(=O)Nc2ccc(CC(=O)c3ccc(OC4CN5CCC4CC5)cn3)cc2)no1. The van der Waals surface area contributed by atoms with E-state index in [2.05, 4.69) is 25.7 Å². The molecular formula is C28H33N5O4. The number of carbonyl (C=O) groups excluding carboxylic acids is 2. The molecule has 3 aliphatic heterocycles. The Morgan fingerprint density at radius 1 is 1.08 bits per heavy atom. The van der Waals surface area contributed by atoms with Crippen molar-refractivity contribution in [3.8, 4) is 5.75 Å². The number of nitrogens with zero attached hydrogens (tertiary/aromatic N) is 3. The number of rotatable bonds is 7. The molecule has 3 aromatic rings. The highest BCUT2D eigenvalue weighted by atomic mass is 16.5. The smallest absolute Gasteiger partial charge is 0.324 e. The van der Waals surface area contributed by atoms with Gasteiger partial charge in [-0.25, -0.2) is 9.78 Å². The monoisotopic (exact) mass is 503 g/mol. The molecule has 2 aromatic heterocycles. The van der Waals surface area contributed by atoms with Gasteiger partial charge in [-0.15, -0.1) is 0 Å². The van der Waals surface area contributed by atoms with Gasteiger partial charge in [0.15, 0.2) is 11.6 Å². The number of urea groups is 1. The van der Waals surface area contributed by atoms with Crippen LogP contribution in [0.4, 0.5) is 16.3 Å². The molecule has 1 unspecified atom stereocenters. The first-order valence-corrected chi connectivity index (χ1v) is 12.8. The number of piperidine rings is 3. The van der Waals surface area contributed by atoms with Crippen LogP contribution in [0.15, 0.2) is 53.2 Å². The summed E-state index contributed by atoms with van der Waals surface area (Å²) < 4.78 is 11.5. The summed E-state index contributed by atoms with van der Waals surface area (Å²) >= 11 is 0. The van der Waals surface area contributed by atoms with Crippen LogP contribution in [0.1, 0.15) is 55.4 Å². The van der Waals surface area contributed by atoms with Gasteiger partial charge < -0.3 is 14.6 Å². The first-order valence-electron chi connectivity index (χ1n) is 12.8. The van der Waals surface area contributed by atoms with Crippen molar-refractivity contribution in [2.24, 2.45) is 5.92 Å². The summed E-state index contributed by atoms with van der Waals surface area (Å²) in [6, 6.07) is 12.0. The van der Waals surface area contributed by atoms with Crippen molar-refractivity contribution < 1.29 is 18.8 Å². The van der Waals surface area contributed by atoms with Gasteiger partial charge >= 0.3 is 6.03 Å². The second-order valence-corrected chi connectivity index (χ2v) is 10.9. The third kappa shape index (κ3) is 6.17. The van der Waals surface area contributed by atoms with Crippen molar-refractivity contribution >= 4 is 23.3 Å². The summed E-state index contributed by atoms with van der Waals surface area (Å²) in [6.07, 6.45) is 4.45. The topological polar surface area (TPSA) is 110 Å². The van der Waals surface area contributed by atoms with Crippen LogP contribution in [0.2, 0.25) is 0 Å². The molecule has 37 heavy (non-hydrogen) atoms. The van der Waals surface area contributed by atoms with Gasteiger partial charge in [0, 0.05) is 30.1 Å². The second kappa shape index (κ2) is 10.3. The van der Waals surface area contributed by atoms with Gasteiger partial charge in [0.2, 0.25) is 0 Å². The van der Waals surface area contributed by atoms with Crippen molar-refractivity contribution in [1.29, 1.82) is 0 Å². The molecule has 2 bridgehead atoms. The average Bonchev–Trinajstić information content (AvgIpc) is 3.35. The fourth-order valence-electron chi connectivity index (χ4n) is 4.78. The number of aromatic nitrogens is 2. The fraction of sp³-hybridized carbons (Fsp3) is 0.429. The van der Waals surface area contributed by atoms with Crippen molar-refractivity contribution in [3.05, 3.63) is 65.7 Å². The Bertz CT molecular complexity index is 1240. The zero-order valence-electron chi connectivity index (χ0n) is 21.5. The Kier molecular flexibility index (Phi) is 6.97. The van der Waals surface area contributed by atoms with Crippen LogP contribution >= 0.6 is 0 Å². The highest BCUT2D eigenvalue weighted by Crippen LogP contribution is 2.30. The molecule has 5 heterocycles. The molecule has 6 rings (SSSR count). The van der Waals surface area contributed by atoms with Crippen molar-refractivity contribution in [1.82, 2.24) is 15.0 Å². The van der Waals surface area contributed by atoms with E-state index in [1.165, 1.54) is 25.9 Å². The Balaban J connectivity index is 1.11. The van der Waals surface area contributed by atoms with E-state index < -0.39 is 6.03 Å². The van der Waals surface area contributed by atoms with Gasteiger partial charge in [0.25, 0.3) is 0 Å². The lowest BCUT2D eigenvalue weighted by atomic mass is 9.86. The van der Waals surface area contributed by atoms with E-state index in [1.54, 1.807) is 30.5 Å². The molecule has 3 fully saturated rings. The third-order valence-corrected chi connectivity index (χ3v) is 6.97. The Morgan fingerprint density at radius 2 is 1.84 bits per heavy atom. The van der Waals surface area contributed by atoms with Gasteiger partial charge in [-0.3, -0.25) is 15.0 Å². The predicted molar refractivity (Wildman–Crippen MR) is 140 cm³/mol. The maximum Gasteiger partial charge on any atom is 0.324 e. The van der Waals surface area contributed by atoms with Gasteiger partial charge in [-0.05, 0) is 61.7 Å². The maximum absolute atomic E-state index is 12.8. The van der Waals surface area contributed by atoms with E-state index in [0.29, 0.717) is 34.6 Å². The second-order valence-electron chi connectivity index (χ2n) is 10.9. The molecule has 2 amide bonds. The van der Waals surface area contributed by atoms with Crippen LogP contribution in [-0.2, 0) is 11.8 Å². The number of pyridine rings is 1. The van der Waals surface area contributed by atoms with Crippen LogP contribution in [0.5, 0.6) is 5.75 Å². The van der Waals surface area contributed by atoms with Gasteiger partial charge in [0.05, 0.1) is 6.20 Å². The fourth-order valence-corrected chi connectivity index (χ4v) is 4.78. The summed E-state index contributed by atoms with van der Waals surface area (Å²) in [5.41, 5.74) is 1.64. The van der Waals surface area contributed by atoms with Gasteiger partial charge in [0.1, 0.15) is 23.3 Å². The average molecular weight is 504 g/mol. The normalized spacial score (nSPS) is 20.9. The lowest BCUT2D eigenvalue weighted by Gasteiger charge is -2.44. The molecule has 9 nitrogen and oxygen atoms in total. The number of nitrogens with one attached hydrogen (secondary N) is 2. The van der Waals surface area contributed by atoms with E-state index in [4.69, 9.17) is 9.26 Å². The number of benzene rings is 1. The first-order chi connectivity index (χ1) is 17.7. The van der Waals surface area contributed by atoms with Crippen molar-refractivity contribution in [2.75, 3.05) is 30.3 Å². The van der Waals surface area contributed by atoms with E-state index >= 15 is 0 Å². The highest BCUT2D eigenvalue weighted by molar-refractivity contribution is 5.99. The minimum atomic E-state index is -0.428. The molecule has 3 saturated heterocycles. The Morgan fingerprint density at radius 3 is 2.43 bits per heavy atom. The minimum absolute atomic E-state index is 0.0754. The van der Waals surface area contributed by atoms with E-state index in [9.17, 15) is 9.59 Å². The standard InChI is InChI=1S/C28H33N5O4/c1-28(2,3)25-15-26(32-37-25)31-27(35)30-20-6-4-18(5-7-20)14-23(34)22-9-8-21(16-29-22)36-24-17-33-12-10-19(24)11-13-33/h4-9,15-16,19,24H,10-14,17H2,1-3H3,(H2,30,31,32,35). The molecule has 9 heteroatoms. The molecule has 1 atom stereocenters. The molecule has 194 valence electrons. The van der Waals surface area contributed by atoms with E-state index in [-0.39, 0.29) is 23.7 Å². The van der Waals surface area contributed by atoms with Crippen molar-refractivity contribution in [2.45, 2.75) is 51.6 Å². The van der Waals surface area contributed by atoms with Crippen molar-refractivity contribution in [3.63, 3.8) is 0 Å². The number of hydrogen-bond acceptors (Lipinski definition) is 7. The highest BCUT2D eigenvalue weighted by Gasteiger charge is 2.35. The number of ether oxygens (including phenoxy) is 1. The number of carbonyl (C=O) groups is 2. The Hall–Kier alpha value is -3.72. The number of amides is 2. The third-order valence-electron chi connectivity index (χ3n) is 6.97. The molecule has 0 saturated carbocycles. The summed E-state index contributed by atoms with van der Waals surface area (Å²) in [5, 5.41) is 9.30. The number of anilines is 2. The molecule has 3 aliphatic rings. The van der Waals surface area contributed by atoms with Crippen LogP contribution in [0, 0.1) is 5.92 Å². The molecular weight excluding hydrogens is 470 g/mol. The largest absolute Gasteiger partial charge is 0.487 e. The van der Waals surface area contributed by atoms with E-state index in [0.717, 1.165) is 12.1 Å². The molecule has 0 spiro atoms. The van der Waals surface area contributed by atoms with Crippen LogP contribution in [0.3, 0.4) is 0 Å². The number of Topliss-reactive ketones (excluding diaryl/α,β-unsaturated/α-hetero) is 1. The summed E-state index contributed by atoms with van der Waals surface area (Å²) in [6.45, 7) is 9.31.